The number of H-pyrrole nitrogens is 1. The maximum atomic E-state index is 12.1. The molecule has 18 heavy (non-hydrogen) atoms. The summed E-state index contributed by atoms with van der Waals surface area (Å²) >= 11 is 0. The number of carbonyl (C=O) groups excluding carboxylic acids is 1. The van der Waals surface area contributed by atoms with E-state index in [1.807, 2.05) is 7.05 Å². The van der Waals surface area contributed by atoms with Gasteiger partial charge in [0.1, 0.15) is 11.5 Å². The Bertz CT molecular complexity index is 450. The molecule has 1 aliphatic carbocycles. The second-order valence-corrected chi connectivity index (χ2v) is 5.46. The summed E-state index contributed by atoms with van der Waals surface area (Å²) in [7, 11) is 1.83. The molecule has 1 atom stereocenters. The molecule has 1 fully saturated rings. The summed E-state index contributed by atoms with van der Waals surface area (Å²) in [5.74, 6) is 1.19. The van der Waals surface area contributed by atoms with Crippen molar-refractivity contribution in [3.05, 3.63) is 6.20 Å². The molecule has 5 nitrogen and oxygen atoms in total. The van der Waals surface area contributed by atoms with E-state index in [4.69, 9.17) is 0 Å². The highest BCUT2D eigenvalue weighted by molar-refractivity contribution is 5.97. The lowest BCUT2D eigenvalue weighted by Crippen LogP contribution is -2.41. The average molecular weight is 248 g/mol. The highest BCUT2D eigenvalue weighted by Crippen LogP contribution is 2.37. The van der Waals surface area contributed by atoms with Gasteiger partial charge in [-0.1, -0.05) is 12.8 Å². The van der Waals surface area contributed by atoms with Gasteiger partial charge in [-0.3, -0.25) is 9.89 Å². The van der Waals surface area contributed by atoms with Crippen LogP contribution in [0.25, 0.3) is 0 Å². The molecule has 2 aliphatic rings. The Morgan fingerprint density at radius 1 is 1.39 bits per heavy atom. The lowest BCUT2D eigenvalue weighted by Gasteiger charge is -2.33. The monoisotopic (exact) mass is 248 g/mol. The van der Waals surface area contributed by atoms with Crippen molar-refractivity contribution >= 4 is 17.4 Å². The molecule has 1 aromatic rings. The normalized spacial score (nSPS) is 25.4. The van der Waals surface area contributed by atoms with Crippen molar-refractivity contribution in [2.24, 2.45) is 0 Å². The highest BCUT2D eigenvalue weighted by Gasteiger charge is 2.35. The van der Waals surface area contributed by atoms with E-state index in [1.165, 1.54) is 25.7 Å². The maximum Gasteiger partial charge on any atom is 0.228 e. The molecular weight excluding hydrogens is 228 g/mol. The third kappa shape index (κ3) is 1.69. The molecule has 0 saturated heterocycles. The third-order valence-electron chi connectivity index (χ3n) is 4.26. The van der Waals surface area contributed by atoms with Crippen molar-refractivity contribution in [2.45, 2.75) is 51.1 Å². The van der Waals surface area contributed by atoms with Crippen LogP contribution < -0.4 is 9.80 Å². The fraction of sp³-hybridized carbons (Fsp3) is 0.692. The van der Waals surface area contributed by atoms with Crippen molar-refractivity contribution in [1.29, 1.82) is 0 Å². The van der Waals surface area contributed by atoms with Gasteiger partial charge in [0.15, 0.2) is 0 Å². The second-order valence-electron chi connectivity index (χ2n) is 5.46. The summed E-state index contributed by atoms with van der Waals surface area (Å²) in [6, 6.07) is 0.795. The largest absolute Gasteiger partial charge is 0.349 e. The van der Waals surface area contributed by atoms with Gasteiger partial charge in [0.05, 0.1) is 6.20 Å². The molecule has 0 aromatic carbocycles. The Kier molecular flexibility index (Phi) is 2.76. The van der Waals surface area contributed by atoms with Gasteiger partial charge >= 0.3 is 0 Å². The van der Waals surface area contributed by atoms with Crippen LogP contribution in [0.4, 0.5) is 11.5 Å². The van der Waals surface area contributed by atoms with Crippen LogP contribution in [0.15, 0.2) is 6.20 Å². The number of nitrogens with one attached hydrogen (secondary N) is 1. The van der Waals surface area contributed by atoms with E-state index in [1.54, 1.807) is 11.1 Å². The fourth-order valence-corrected chi connectivity index (χ4v) is 3.28. The van der Waals surface area contributed by atoms with Gasteiger partial charge in [0.25, 0.3) is 0 Å². The summed E-state index contributed by atoms with van der Waals surface area (Å²) in [6.07, 6.45) is 7.37. The molecule has 1 N–H and O–H groups in total. The maximum absolute atomic E-state index is 12.1. The number of fused-ring (bicyclic) bond motifs is 1. The van der Waals surface area contributed by atoms with Crippen LogP contribution in [-0.4, -0.2) is 35.2 Å². The lowest BCUT2D eigenvalue weighted by molar-refractivity contribution is -0.118. The van der Waals surface area contributed by atoms with Crippen LogP contribution in [-0.2, 0) is 4.79 Å². The first-order valence-corrected chi connectivity index (χ1v) is 6.76. The Balaban J connectivity index is 2.02. The van der Waals surface area contributed by atoms with Crippen LogP contribution in [0.1, 0.15) is 39.0 Å². The zero-order valence-electron chi connectivity index (χ0n) is 11.0. The van der Waals surface area contributed by atoms with Crippen molar-refractivity contribution in [3.8, 4) is 0 Å². The Labute approximate surface area is 107 Å². The number of hydrogen-bond donors (Lipinski definition) is 1. The van der Waals surface area contributed by atoms with Crippen molar-refractivity contribution in [1.82, 2.24) is 10.2 Å². The topological polar surface area (TPSA) is 52.2 Å². The van der Waals surface area contributed by atoms with Crippen LogP contribution >= 0.6 is 0 Å². The van der Waals surface area contributed by atoms with E-state index in [9.17, 15) is 4.79 Å². The Hall–Kier alpha value is -1.52. The van der Waals surface area contributed by atoms with Gasteiger partial charge in [-0.05, 0) is 19.8 Å². The Morgan fingerprint density at radius 2 is 2.11 bits per heavy atom. The van der Waals surface area contributed by atoms with Crippen LogP contribution in [0, 0.1) is 0 Å². The number of anilines is 2. The number of hydrogen-bond acceptors (Lipinski definition) is 3. The fourth-order valence-electron chi connectivity index (χ4n) is 3.28. The van der Waals surface area contributed by atoms with Crippen LogP contribution in [0.3, 0.4) is 0 Å². The molecular formula is C13H20N4O. The molecule has 1 unspecified atom stereocenters. The van der Waals surface area contributed by atoms with E-state index >= 15 is 0 Å². The molecule has 2 heterocycles. The van der Waals surface area contributed by atoms with E-state index in [-0.39, 0.29) is 11.9 Å². The zero-order chi connectivity index (χ0) is 12.7. The molecule has 3 rings (SSSR count). The van der Waals surface area contributed by atoms with Gasteiger partial charge in [-0.25, -0.2) is 0 Å². The van der Waals surface area contributed by atoms with Crippen LogP contribution in [0.2, 0.25) is 0 Å². The predicted molar refractivity (Wildman–Crippen MR) is 70.8 cm³/mol. The van der Waals surface area contributed by atoms with Gasteiger partial charge in [0.2, 0.25) is 5.91 Å². The highest BCUT2D eigenvalue weighted by atomic mass is 16.2. The summed E-state index contributed by atoms with van der Waals surface area (Å²) in [5.41, 5.74) is 0.913. The number of carbonyl (C=O) groups is 1. The molecule has 0 bridgehead atoms. The number of rotatable bonds is 1. The van der Waals surface area contributed by atoms with Gasteiger partial charge < -0.3 is 9.80 Å². The minimum atomic E-state index is 0.172. The quantitative estimate of drug-likeness (QED) is 0.826. The summed E-state index contributed by atoms with van der Waals surface area (Å²) < 4.78 is 0. The molecule has 1 aromatic heterocycles. The number of nitrogens with zero attached hydrogens (tertiary/aromatic N) is 3. The Morgan fingerprint density at radius 3 is 2.83 bits per heavy atom. The van der Waals surface area contributed by atoms with E-state index < -0.39 is 0 Å². The summed E-state index contributed by atoms with van der Waals surface area (Å²) in [6.45, 7) is 2.14. The molecule has 1 saturated carbocycles. The van der Waals surface area contributed by atoms with Crippen molar-refractivity contribution in [2.75, 3.05) is 16.8 Å². The number of aromatic amines is 1. The van der Waals surface area contributed by atoms with Gasteiger partial charge in [0, 0.05) is 25.6 Å². The molecule has 0 spiro atoms. The summed E-state index contributed by atoms with van der Waals surface area (Å²) in [5, 5.41) is 7.21. The smallest absolute Gasteiger partial charge is 0.228 e. The first-order valence-electron chi connectivity index (χ1n) is 6.76. The van der Waals surface area contributed by atoms with E-state index in [2.05, 4.69) is 22.0 Å². The average Bonchev–Trinajstić information content (AvgIpc) is 2.98. The SMILES string of the molecule is CC1CC(=O)N(C)c2cn[nH]c2N1C1CCCC1. The van der Waals surface area contributed by atoms with Gasteiger partial charge in [-0.15, -0.1) is 0 Å². The zero-order valence-corrected chi connectivity index (χ0v) is 11.0. The minimum absolute atomic E-state index is 0.172. The second kappa shape index (κ2) is 4.30. The first-order chi connectivity index (χ1) is 8.68. The first kappa shape index (κ1) is 11.6. The lowest BCUT2D eigenvalue weighted by atomic mass is 10.1. The molecule has 98 valence electrons. The minimum Gasteiger partial charge on any atom is -0.349 e. The van der Waals surface area contributed by atoms with Crippen LogP contribution in [0.5, 0.6) is 0 Å². The predicted octanol–water partition coefficient (Wildman–Crippen LogP) is 1.91. The molecule has 1 amide bonds. The number of aromatic nitrogens is 2. The van der Waals surface area contributed by atoms with Crippen molar-refractivity contribution < 1.29 is 4.79 Å². The number of amides is 1. The summed E-state index contributed by atoms with van der Waals surface area (Å²) in [4.78, 5) is 16.2. The third-order valence-corrected chi connectivity index (χ3v) is 4.26. The van der Waals surface area contributed by atoms with E-state index in [0.29, 0.717) is 12.5 Å². The molecule has 5 heteroatoms. The van der Waals surface area contributed by atoms with E-state index in [0.717, 1.165) is 11.5 Å². The standard InChI is InChI=1S/C13H20N4O/c1-9-7-12(18)16(2)11-8-14-15-13(11)17(9)10-5-3-4-6-10/h8-10H,3-7H2,1-2H3,(H,14,15). The molecule has 1 aliphatic heterocycles. The molecule has 0 radical (unpaired) electrons. The van der Waals surface area contributed by atoms with Gasteiger partial charge in [-0.2, -0.15) is 5.10 Å². The van der Waals surface area contributed by atoms with Crippen molar-refractivity contribution in [3.63, 3.8) is 0 Å².